The molecule has 0 aliphatic carbocycles. The van der Waals surface area contributed by atoms with Crippen LogP contribution in [0.1, 0.15) is 34.1 Å². The number of nitrogens with two attached hydrogens (primary N) is 1. The minimum absolute atomic E-state index is 0.248. The SMILES string of the molecule is CCC(COC)N1C(=O)c2cccc(N)c2C1=O. The van der Waals surface area contributed by atoms with Crippen LogP contribution in [-0.4, -0.2) is 36.5 Å². The quantitative estimate of drug-likeness (QED) is 0.643. The normalized spacial score (nSPS) is 16.0. The van der Waals surface area contributed by atoms with E-state index in [1.807, 2.05) is 6.92 Å². The Morgan fingerprint density at radius 1 is 1.33 bits per heavy atom. The van der Waals surface area contributed by atoms with Crippen molar-refractivity contribution in [2.75, 3.05) is 19.5 Å². The van der Waals surface area contributed by atoms with Gasteiger partial charge in [-0.05, 0) is 18.6 Å². The standard InChI is InChI=1S/C13H16N2O3/c1-3-8(7-18-2)15-12(16)9-5-4-6-10(14)11(9)13(15)17/h4-6,8H,3,7,14H2,1-2H3. The van der Waals surface area contributed by atoms with Crippen LogP contribution in [0.15, 0.2) is 18.2 Å². The van der Waals surface area contributed by atoms with E-state index >= 15 is 0 Å². The van der Waals surface area contributed by atoms with Gasteiger partial charge in [-0.25, -0.2) is 0 Å². The number of ether oxygens (including phenoxy) is 1. The summed E-state index contributed by atoms with van der Waals surface area (Å²) in [7, 11) is 1.55. The van der Waals surface area contributed by atoms with Crippen molar-refractivity contribution in [1.29, 1.82) is 0 Å². The zero-order valence-electron chi connectivity index (χ0n) is 10.5. The highest BCUT2D eigenvalue weighted by molar-refractivity contribution is 6.23. The molecule has 5 heteroatoms. The van der Waals surface area contributed by atoms with E-state index < -0.39 is 0 Å². The van der Waals surface area contributed by atoms with Crippen LogP contribution in [0.5, 0.6) is 0 Å². The summed E-state index contributed by atoms with van der Waals surface area (Å²) in [6.45, 7) is 2.25. The highest BCUT2D eigenvalue weighted by atomic mass is 16.5. The van der Waals surface area contributed by atoms with Gasteiger partial charge in [0.05, 0.1) is 23.8 Å². The molecule has 1 aliphatic rings. The molecule has 0 spiro atoms. The van der Waals surface area contributed by atoms with Crippen molar-refractivity contribution in [2.24, 2.45) is 0 Å². The average Bonchev–Trinajstić information content (AvgIpc) is 2.61. The monoisotopic (exact) mass is 248 g/mol. The summed E-state index contributed by atoms with van der Waals surface area (Å²) in [5.74, 6) is -0.608. The minimum atomic E-state index is -0.322. The fourth-order valence-corrected chi connectivity index (χ4v) is 2.23. The number of nitrogens with zero attached hydrogens (tertiary/aromatic N) is 1. The van der Waals surface area contributed by atoms with Gasteiger partial charge < -0.3 is 10.5 Å². The Balaban J connectivity index is 2.42. The van der Waals surface area contributed by atoms with Crippen molar-refractivity contribution in [2.45, 2.75) is 19.4 Å². The van der Waals surface area contributed by atoms with Gasteiger partial charge in [0.2, 0.25) is 0 Å². The van der Waals surface area contributed by atoms with Crippen LogP contribution in [0.3, 0.4) is 0 Å². The summed E-state index contributed by atoms with van der Waals surface area (Å²) in [5, 5.41) is 0. The van der Waals surface area contributed by atoms with Crippen molar-refractivity contribution in [3.05, 3.63) is 29.3 Å². The second kappa shape index (κ2) is 4.78. The molecule has 1 heterocycles. The first-order valence-corrected chi connectivity index (χ1v) is 5.87. The fourth-order valence-electron chi connectivity index (χ4n) is 2.23. The van der Waals surface area contributed by atoms with Crippen molar-refractivity contribution < 1.29 is 14.3 Å². The summed E-state index contributed by atoms with van der Waals surface area (Å²) < 4.78 is 5.06. The molecule has 0 aromatic heterocycles. The van der Waals surface area contributed by atoms with Crippen LogP contribution in [0.2, 0.25) is 0 Å². The third-order valence-corrected chi connectivity index (χ3v) is 3.17. The summed E-state index contributed by atoms with van der Waals surface area (Å²) >= 11 is 0. The van der Waals surface area contributed by atoms with E-state index in [1.54, 1.807) is 25.3 Å². The lowest BCUT2D eigenvalue weighted by Crippen LogP contribution is -2.42. The Hall–Kier alpha value is -1.88. The number of carbonyl (C=O) groups excluding carboxylic acids is 2. The highest BCUT2D eigenvalue weighted by Gasteiger charge is 2.40. The second-order valence-electron chi connectivity index (χ2n) is 4.27. The Bertz CT molecular complexity index is 499. The fraction of sp³-hybridized carbons (Fsp3) is 0.385. The van der Waals surface area contributed by atoms with E-state index in [4.69, 9.17) is 10.5 Å². The molecular formula is C13H16N2O3. The number of benzene rings is 1. The Labute approximate surface area is 106 Å². The van der Waals surface area contributed by atoms with Gasteiger partial charge >= 0.3 is 0 Å². The van der Waals surface area contributed by atoms with E-state index in [9.17, 15) is 9.59 Å². The first-order valence-electron chi connectivity index (χ1n) is 5.87. The van der Waals surface area contributed by atoms with Gasteiger partial charge in [0.1, 0.15) is 0 Å². The molecule has 0 radical (unpaired) electrons. The van der Waals surface area contributed by atoms with Gasteiger partial charge in [-0.15, -0.1) is 0 Å². The molecule has 0 fully saturated rings. The molecule has 5 nitrogen and oxygen atoms in total. The van der Waals surface area contributed by atoms with Gasteiger partial charge in [-0.1, -0.05) is 13.0 Å². The Morgan fingerprint density at radius 2 is 2.06 bits per heavy atom. The number of carbonyl (C=O) groups is 2. The Kier molecular flexibility index (Phi) is 3.34. The van der Waals surface area contributed by atoms with Gasteiger partial charge in [-0.2, -0.15) is 0 Å². The summed E-state index contributed by atoms with van der Waals surface area (Å²) in [5.41, 5.74) is 6.82. The first-order chi connectivity index (χ1) is 8.61. The Morgan fingerprint density at radius 3 is 2.61 bits per heavy atom. The summed E-state index contributed by atoms with van der Waals surface area (Å²) in [6.07, 6.45) is 0.652. The van der Waals surface area contributed by atoms with Gasteiger partial charge in [0.25, 0.3) is 11.8 Å². The van der Waals surface area contributed by atoms with Crippen LogP contribution in [0.25, 0.3) is 0 Å². The van der Waals surface area contributed by atoms with Crippen LogP contribution in [-0.2, 0) is 4.74 Å². The lowest BCUT2D eigenvalue weighted by Gasteiger charge is -2.24. The highest BCUT2D eigenvalue weighted by Crippen LogP contribution is 2.29. The average molecular weight is 248 g/mol. The number of hydrogen-bond acceptors (Lipinski definition) is 4. The van der Waals surface area contributed by atoms with E-state index in [1.165, 1.54) is 4.90 Å². The predicted octanol–water partition coefficient (Wildman–Crippen LogP) is 1.29. The third kappa shape index (κ3) is 1.76. The maximum Gasteiger partial charge on any atom is 0.263 e. The van der Waals surface area contributed by atoms with E-state index in [0.717, 1.165) is 0 Å². The van der Waals surface area contributed by atoms with E-state index in [0.29, 0.717) is 29.8 Å². The lowest BCUT2D eigenvalue weighted by molar-refractivity contribution is 0.0466. The van der Waals surface area contributed by atoms with Crippen LogP contribution in [0.4, 0.5) is 5.69 Å². The van der Waals surface area contributed by atoms with Crippen molar-refractivity contribution >= 4 is 17.5 Å². The molecule has 1 aliphatic heterocycles. The van der Waals surface area contributed by atoms with Gasteiger partial charge in [0, 0.05) is 12.8 Å². The number of anilines is 1. The smallest absolute Gasteiger partial charge is 0.263 e. The van der Waals surface area contributed by atoms with Crippen molar-refractivity contribution in [3.8, 4) is 0 Å². The predicted molar refractivity (Wildman–Crippen MR) is 67.3 cm³/mol. The zero-order chi connectivity index (χ0) is 13.3. The van der Waals surface area contributed by atoms with Gasteiger partial charge in [-0.3, -0.25) is 14.5 Å². The first kappa shape index (κ1) is 12.6. The van der Waals surface area contributed by atoms with Crippen LogP contribution >= 0.6 is 0 Å². The number of hydrogen-bond donors (Lipinski definition) is 1. The molecule has 0 saturated heterocycles. The number of amides is 2. The molecule has 2 amide bonds. The number of rotatable bonds is 4. The topological polar surface area (TPSA) is 72.6 Å². The largest absolute Gasteiger partial charge is 0.398 e. The van der Waals surface area contributed by atoms with E-state index in [-0.39, 0.29) is 17.9 Å². The molecule has 1 atom stereocenters. The molecule has 96 valence electrons. The summed E-state index contributed by atoms with van der Waals surface area (Å²) in [6, 6.07) is 4.69. The lowest BCUT2D eigenvalue weighted by atomic mass is 10.1. The molecule has 1 aromatic rings. The van der Waals surface area contributed by atoms with Crippen molar-refractivity contribution in [1.82, 2.24) is 4.90 Å². The molecule has 18 heavy (non-hydrogen) atoms. The molecular weight excluding hydrogens is 232 g/mol. The maximum absolute atomic E-state index is 12.3. The van der Waals surface area contributed by atoms with Crippen molar-refractivity contribution in [3.63, 3.8) is 0 Å². The number of imide groups is 1. The van der Waals surface area contributed by atoms with E-state index in [2.05, 4.69) is 0 Å². The molecule has 2 rings (SSSR count). The van der Waals surface area contributed by atoms with Gasteiger partial charge in [0.15, 0.2) is 0 Å². The second-order valence-corrected chi connectivity index (χ2v) is 4.27. The number of nitrogen functional groups attached to an aromatic ring is 1. The zero-order valence-corrected chi connectivity index (χ0v) is 10.5. The molecule has 0 bridgehead atoms. The molecule has 1 unspecified atom stereocenters. The molecule has 0 saturated carbocycles. The van der Waals surface area contributed by atoms with Crippen LogP contribution in [0, 0.1) is 0 Å². The summed E-state index contributed by atoms with van der Waals surface area (Å²) in [4.78, 5) is 25.8. The third-order valence-electron chi connectivity index (χ3n) is 3.17. The molecule has 2 N–H and O–H groups in total. The number of fused-ring (bicyclic) bond motifs is 1. The van der Waals surface area contributed by atoms with Crippen LogP contribution < -0.4 is 5.73 Å². The number of methoxy groups -OCH3 is 1. The molecule has 1 aromatic carbocycles. The maximum atomic E-state index is 12.3. The minimum Gasteiger partial charge on any atom is -0.398 e.